The highest BCUT2D eigenvalue weighted by Gasteiger charge is 2.37. The molecule has 0 bridgehead atoms. The molecule has 2 N–H and O–H groups in total. The van der Waals surface area contributed by atoms with Crippen LogP contribution in [0.1, 0.15) is 19.8 Å². The molecule has 5 heteroatoms. The van der Waals surface area contributed by atoms with Gasteiger partial charge in [0.25, 0.3) is 0 Å². The lowest BCUT2D eigenvalue weighted by Crippen LogP contribution is -2.33. The van der Waals surface area contributed by atoms with Crippen LogP contribution >= 0.6 is 0 Å². The Morgan fingerprint density at radius 2 is 2.00 bits per heavy atom. The molecule has 1 aromatic rings. The van der Waals surface area contributed by atoms with Gasteiger partial charge < -0.3 is 5.73 Å². The van der Waals surface area contributed by atoms with Crippen molar-refractivity contribution in [2.75, 3.05) is 12.3 Å². The molecule has 0 radical (unpaired) electrons. The fraction of sp³-hybridized carbons (Fsp3) is 0.455. The van der Waals surface area contributed by atoms with Gasteiger partial charge in [-0.25, -0.2) is 8.42 Å². The van der Waals surface area contributed by atoms with Crippen molar-refractivity contribution in [3.05, 3.63) is 24.3 Å². The highest BCUT2D eigenvalue weighted by atomic mass is 32.2. The third-order valence-electron chi connectivity index (χ3n) is 2.77. The second kappa shape index (κ2) is 4.07. The minimum absolute atomic E-state index is 0.176. The van der Waals surface area contributed by atoms with E-state index in [1.54, 1.807) is 28.6 Å². The van der Waals surface area contributed by atoms with Crippen LogP contribution in [0.5, 0.6) is 0 Å². The predicted molar refractivity (Wildman–Crippen MR) is 63.4 cm³/mol. The summed E-state index contributed by atoms with van der Waals surface area (Å²) in [5, 5.41) is 0. The van der Waals surface area contributed by atoms with E-state index in [-0.39, 0.29) is 10.9 Å². The van der Waals surface area contributed by atoms with E-state index in [1.165, 1.54) is 0 Å². The molecule has 2 rings (SSSR count). The Hall–Kier alpha value is -1.07. The number of rotatable bonds is 4. The van der Waals surface area contributed by atoms with Gasteiger partial charge in [-0.2, -0.15) is 4.31 Å². The van der Waals surface area contributed by atoms with E-state index in [1.807, 2.05) is 6.92 Å². The van der Waals surface area contributed by atoms with Gasteiger partial charge in [-0.05, 0) is 25.0 Å². The van der Waals surface area contributed by atoms with Crippen LogP contribution in [0.4, 0.5) is 5.69 Å². The molecule has 1 aromatic carbocycles. The Labute approximate surface area is 96.1 Å². The molecule has 1 fully saturated rings. The van der Waals surface area contributed by atoms with Crippen molar-refractivity contribution in [2.45, 2.75) is 30.7 Å². The molecule has 0 unspecified atom stereocenters. The number of hydrogen-bond donors (Lipinski definition) is 1. The van der Waals surface area contributed by atoms with Crippen molar-refractivity contribution in [3.8, 4) is 0 Å². The number of anilines is 1. The number of nitrogens with two attached hydrogens (primary N) is 1. The highest BCUT2D eigenvalue weighted by molar-refractivity contribution is 7.89. The van der Waals surface area contributed by atoms with E-state index in [4.69, 9.17) is 5.73 Å². The molecule has 4 nitrogen and oxygen atoms in total. The first-order valence-electron chi connectivity index (χ1n) is 5.43. The molecule has 0 spiro atoms. The van der Waals surface area contributed by atoms with E-state index in [0.29, 0.717) is 12.2 Å². The smallest absolute Gasteiger partial charge is 0.245 e. The van der Waals surface area contributed by atoms with Crippen LogP contribution in [0.3, 0.4) is 0 Å². The van der Waals surface area contributed by atoms with Crippen LogP contribution in [0, 0.1) is 0 Å². The summed E-state index contributed by atoms with van der Waals surface area (Å²) in [4.78, 5) is 0.226. The van der Waals surface area contributed by atoms with Crippen LogP contribution < -0.4 is 5.73 Å². The van der Waals surface area contributed by atoms with Gasteiger partial charge in [0.1, 0.15) is 4.90 Å². The minimum atomic E-state index is -3.41. The van der Waals surface area contributed by atoms with Crippen LogP contribution in [0.15, 0.2) is 29.2 Å². The van der Waals surface area contributed by atoms with Crippen LogP contribution in [-0.2, 0) is 10.0 Å². The van der Waals surface area contributed by atoms with Crippen molar-refractivity contribution in [3.63, 3.8) is 0 Å². The second-order valence-corrected chi connectivity index (χ2v) is 5.84. The van der Waals surface area contributed by atoms with E-state index >= 15 is 0 Å². The maximum atomic E-state index is 12.3. The fourth-order valence-corrected chi connectivity index (χ4v) is 3.64. The monoisotopic (exact) mass is 240 g/mol. The topological polar surface area (TPSA) is 63.4 Å². The summed E-state index contributed by atoms with van der Waals surface area (Å²) in [6, 6.07) is 6.80. The first kappa shape index (κ1) is 11.4. The lowest BCUT2D eigenvalue weighted by molar-refractivity contribution is 0.421. The number of sulfonamides is 1. The second-order valence-electron chi connectivity index (χ2n) is 3.98. The molecule has 16 heavy (non-hydrogen) atoms. The third kappa shape index (κ3) is 1.92. The number of benzene rings is 1. The molecule has 0 amide bonds. The molecular weight excluding hydrogens is 224 g/mol. The zero-order chi connectivity index (χ0) is 11.8. The SMILES string of the molecule is CCN(C1CC1)S(=O)(=O)c1ccccc1N. The quantitative estimate of drug-likeness (QED) is 0.810. The molecule has 1 aliphatic carbocycles. The van der Waals surface area contributed by atoms with Gasteiger partial charge in [0, 0.05) is 12.6 Å². The van der Waals surface area contributed by atoms with Crippen LogP contribution in [0.2, 0.25) is 0 Å². The Morgan fingerprint density at radius 3 is 2.50 bits per heavy atom. The van der Waals surface area contributed by atoms with Crippen LogP contribution in [0.25, 0.3) is 0 Å². The van der Waals surface area contributed by atoms with Crippen molar-refractivity contribution < 1.29 is 8.42 Å². The first-order valence-corrected chi connectivity index (χ1v) is 6.87. The van der Waals surface area contributed by atoms with Gasteiger partial charge in [-0.3, -0.25) is 0 Å². The Bertz CT molecular complexity index is 481. The van der Waals surface area contributed by atoms with Crippen LogP contribution in [-0.4, -0.2) is 25.3 Å². The average molecular weight is 240 g/mol. The summed E-state index contributed by atoms with van der Waals surface area (Å²) in [5.41, 5.74) is 6.03. The summed E-state index contributed by atoms with van der Waals surface area (Å²) >= 11 is 0. The lowest BCUT2D eigenvalue weighted by Gasteiger charge is -2.20. The van der Waals surface area contributed by atoms with Crippen molar-refractivity contribution >= 4 is 15.7 Å². The molecule has 0 aromatic heterocycles. The minimum Gasteiger partial charge on any atom is -0.398 e. The summed E-state index contributed by atoms with van der Waals surface area (Å²) in [7, 11) is -3.41. The predicted octanol–water partition coefficient (Wildman–Crippen LogP) is 1.44. The molecule has 0 heterocycles. The Morgan fingerprint density at radius 1 is 1.38 bits per heavy atom. The van der Waals surface area contributed by atoms with E-state index in [2.05, 4.69) is 0 Å². The van der Waals surface area contributed by atoms with E-state index in [0.717, 1.165) is 12.8 Å². The van der Waals surface area contributed by atoms with Crippen molar-refractivity contribution in [1.82, 2.24) is 4.31 Å². The summed E-state index contributed by atoms with van der Waals surface area (Å²) in [5.74, 6) is 0. The van der Waals surface area contributed by atoms with Gasteiger partial charge in [-0.1, -0.05) is 19.1 Å². The van der Waals surface area contributed by atoms with Gasteiger partial charge in [0.15, 0.2) is 0 Å². The van der Waals surface area contributed by atoms with E-state index in [9.17, 15) is 8.42 Å². The Kier molecular flexibility index (Phi) is 2.90. The summed E-state index contributed by atoms with van der Waals surface area (Å²) in [6.07, 6.45) is 1.92. The number of nitrogen functional groups attached to an aromatic ring is 1. The first-order chi connectivity index (χ1) is 7.57. The zero-order valence-electron chi connectivity index (χ0n) is 9.26. The maximum Gasteiger partial charge on any atom is 0.245 e. The number of hydrogen-bond acceptors (Lipinski definition) is 3. The van der Waals surface area contributed by atoms with Gasteiger partial charge in [0.05, 0.1) is 5.69 Å². The Balaban J connectivity index is 2.41. The highest BCUT2D eigenvalue weighted by Crippen LogP contribution is 2.33. The average Bonchev–Trinajstić information content (AvgIpc) is 3.03. The standard InChI is InChI=1S/C11H16N2O2S/c1-2-13(9-7-8-9)16(14,15)11-6-4-3-5-10(11)12/h3-6,9H,2,7-8,12H2,1H3. The maximum absolute atomic E-state index is 12.3. The van der Waals surface area contributed by atoms with Gasteiger partial charge >= 0.3 is 0 Å². The summed E-state index contributed by atoms with van der Waals surface area (Å²) < 4.78 is 26.2. The molecule has 1 saturated carbocycles. The summed E-state index contributed by atoms with van der Waals surface area (Å²) in [6.45, 7) is 2.36. The molecule has 1 aliphatic rings. The number of para-hydroxylation sites is 1. The number of nitrogens with zero attached hydrogens (tertiary/aromatic N) is 1. The molecule has 0 atom stereocenters. The van der Waals surface area contributed by atoms with Gasteiger partial charge in [-0.15, -0.1) is 0 Å². The molecule has 88 valence electrons. The molecular formula is C11H16N2O2S. The molecule has 0 aliphatic heterocycles. The largest absolute Gasteiger partial charge is 0.398 e. The van der Waals surface area contributed by atoms with Gasteiger partial charge in [0.2, 0.25) is 10.0 Å². The zero-order valence-corrected chi connectivity index (χ0v) is 10.1. The fourth-order valence-electron chi connectivity index (χ4n) is 1.83. The van der Waals surface area contributed by atoms with E-state index < -0.39 is 10.0 Å². The van der Waals surface area contributed by atoms with Crippen molar-refractivity contribution in [1.29, 1.82) is 0 Å². The third-order valence-corrected chi connectivity index (χ3v) is 4.87. The molecule has 0 saturated heterocycles. The lowest BCUT2D eigenvalue weighted by atomic mass is 10.3. The normalized spacial score (nSPS) is 16.6. The van der Waals surface area contributed by atoms with Crippen molar-refractivity contribution in [2.24, 2.45) is 0 Å².